The van der Waals surface area contributed by atoms with Crippen molar-refractivity contribution in [2.75, 3.05) is 11.1 Å². The molecule has 0 heterocycles. The number of carboxylic acids is 1. The van der Waals surface area contributed by atoms with Gasteiger partial charge < -0.3 is 16.2 Å². The lowest BCUT2D eigenvalue weighted by Gasteiger charge is -2.18. The van der Waals surface area contributed by atoms with Gasteiger partial charge in [-0.1, -0.05) is 24.3 Å². The van der Waals surface area contributed by atoms with Crippen LogP contribution in [0, 0.1) is 5.82 Å². The van der Waals surface area contributed by atoms with Crippen molar-refractivity contribution in [2.24, 2.45) is 0 Å². The highest BCUT2D eigenvalue weighted by atomic mass is 19.1. The summed E-state index contributed by atoms with van der Waals surface area (Å²) in [5, 5.41) is 12.1. The van der Waals surface area contributed by atoms with Crippen molar-refractivity contribution in [1.82, 2.24) is 0 Å². The number of rotatable bonds is 4. The average molecular weight is 274 g/mol. The minimum atomic E-state index is -1.09. The molecule has 1 atom stereocenters. The van der Waals surface area contributed by atoms with Gasteiger partial charge in [0.15, 0.2) is 0 Å². The molecule has 0 radical (unpaired) electrons. The van der Waals surface area contributed by atoms with E-state index in [0.29, 0.717) is 11.3 Å². The van der Waals surface area contributed by atoms with E-state index < -0.39 is 5.97 Å². The number of benzene rings is 2. The first-order valence-corrected chi connectivity index (χ1v) is 6.13. The summed E-state index contributed by atoms with van der Waals surface area (Å²) < 4.78 is 13.7. The lowest BCUT2D eigenvalue weighted by Crippen LogP contribution is -2.12. The largest absolute Gasteiger partial charge is 0.478 e. The van der Waals surface area contributed by atoms with Crippen LogP contribution in [0.5, 0.6) is 0 Å². The van der Waals surface area contributed by atoms with Crippen molar-refractivity contribution >= 4 is 17.3 Å². The van der Waals surface area contributed by atoms with Gasteiger partial charge in [0.05, 0.1) is 23.0 Å². The van der Waals surface area contributed by atoms with Gasteiger partial charge in [-0.05, 0) is 25.1 Å². The Morgan fingerprint density at radius 1 is 1.25 bits per heavy atom. The number of carboxylic acid groups (broad SMARTS) is 1. The third-order valence-electron chi connectivity index (χ3n) is 3.08. The summed E-state index contributed by atoms with van der Waals surface area (Å²) in [5.74, 6) is -1.41. The van der Waals surface area contributed by atoms with Crippen LogP contribution in [-0.2, 0) is 0 Å². The van der Waals surface area contributed by atoms with E-state index in [1.807, 2.05) is 0 Å². The van der Waals surface area contributed by atoms with E-state index >= 15 is 0 Å². The van der Waals surface area contributed by atoms with Crippen molar-refractivity contribution in [1.29, 1.82) is 0 Å². The Hall–Kier alpha value is -2.56. The van der Waals surface area contributed by atoms with Crippen molar-refractivity contribution in [3.05, 3.63) is 59.4 Å². The van der Waals surface area contributed by atoms with Gasteiger partial charge in [0.1, 0.15) is 5.82 Å². The third-order valence-corrected chi connectivity index (χ3v) is 3.08. The average Bonchev–Trinajstić information content (AvgIpc) is 2.41. The van der Waals surface area contributed by atoms with Crippen molar-refractivity contribution < 1.29 is 14.3 Å². The van der Waals surface area contributed by atoms with Gasteiger partial charge in [-0.3, -0.25) is 0 Å². The fourth-order valence-electron chi connectivity index (χ4n) is 2.01. The molecule has 0 aliphatic heterocycles. The smallest absolute Gasteiger partial charge is 0.337 e. The Kier molecular flexibility index (Phi) is 3.89. The molecule has 20 heavy (non-hydrogen) atoms. The van der Waals surface area contributed by atoms with Crippen molar-refractivity contribution in [3.63, 3.8) is 0 Å². The van der Waals surface area contributed by atoms with Crippen LogP contribution in [0.15, 0.2) is 42.5 Å². The molecular weight excluding hydrogens is 259 g/mol. The molecule has 2 rings (SSSR count). The van der Waals surface area contributed by atoms with Gasteiger partial charge in [-0.15, -0.1) is 0 Å². The van der Waals surface area contributed by atoms with E-state index in [1.165, 1.54) is 12.1 Å². The lowest BCUT2D eigenvalue weighted by molar-refractivity contribution is 0.0698. The lowest BCUT2D eigenvalue weighted by atomic mass is 10.1. The molecule has 2 aromatic rings. The topological polar surface area (TPSA) is 75.3 Å². The fourth-order valence-corrected chi connectivity index (χ4v) is 2.01. The Balaban J connectivity index is 2.29. The number of hydrogen-bond acceptors (Lipinski definition) is 3. The van der Waals surface area contributed by atoms with Gasteiger partial charge in [0, 0.05) is 5.56 Å². The van der Waals surface area contributed by atoms with Crippen LogP contribution in [0.1, 0.15) is 28.9 Å². The minimum absolute atomic E-state index is 0.0238. The Morgan fingerprint density at radius 2 is 1.95 bits per heavy atom. The molecule has 0 saturated carbocycles. The second kappa shape index (κ2) is 5.61. The minimum Gasteiger partial charge on any atom is -0.478 e. The van der Waals surface area contributed by atoms with Crippen LogP contribution in [0.25, 0.3) is 0 Å². The Bertz CT molecular complexity index is 644. The summed E-state index contributed by atoms with van der Waals surface area (Å²) in [6.07, 6.45) is 0. The molecule has 0 saturated heterocycles. The van der Waals surface area contributed by atoms with E-state index in [4.69, 9.17) is 10.8 Å². The van der Waals surface area contributed by atoms with Gasteiger partial charge in [0.25, 0.3) is 0 Å². The zero-order chi connectivity index (χ0) is 14.7. The summed E-state index contributed by atoms with van der Waals surface area (Å²) in [5.41, 5.74) is 6.94. The maximum Gasteiger partial charge on any atom is 0.337 e. The number of nitrogens with two attached hydrogens (primary N) is 1. The van der Waals surface area contributed by atoms with Crippen LogP contribution in [-0.4, -0.2) is 11.1 Å². The normalized spacial score (nSPS) is 11.9. The number of carbonyl (C=O) groups is 1. The van der Waals surface area contributed by atoms with E-state index in [9.17, 15) is 9.18 Å². The van der Waals surface area contributed by atoms with Crippen LogP contribution in [0.2, 0.25) is 0 Å². The molecule has 0 aromatic heterocycles. The molecule has 0 bridgehead atoms. The number of para-hydroxylation sites is 1. The molecule has 5 heteroatoms. The first kappa shape index (κ1) is 13.9. The first-order valence-electron chi connectivity index (χ1n) is 6.13. The molecule has 0 fully saturated rings. The van der Waals surface area contributed by atoms with Gasteiger partial charge in [0.2, 0.25) is 0 Å². The predicted molar refractivity (Wildman–Crippen MR) is 76.3 cm³/mol. The number of halogens is 1. The molecule has 1 unspecified atom stereocenters. The summed E-state index contributed by atoms with van der Waals surface area (Å²) in [4.78, 5) is 11.0. The highest BCUT2D eigenvalue weighted by Gasteiger charge is 2.14. The van der Waals surface area contributed by atoms with Gasteiger partial charge >= 0.3 is 5.97 Å². The summed E-state index contributed by atoms with van der Waals surface area (Å²) in [6.45, 7) is 1.78. The van der Waals surface area contributed by atoms with Gasteiger partial charge in [-0.2, -0.15) is 0 Å². The number of anilines is 2. The van der Waals surface area contributed by atoms with Crippen molar-refractivity contribution in [3.8, 4) is 0 Å². The SMILES string of the molecule is CC(Nc1cccc(C(=O)O)c1N)c1ccccc1F. The highest BCUT2D eigenvalue weighted by Crippen LogP contribution is 2.27. The molecule has 4 nitrogen and oxygen atoms in total. The summed E-state index contributed by atoms with van der Waals surface area (Å²) in [7, 11) is 0. The number of hydrogen-bond donors (Lipinski definition) is 3. The monoisotopic (exact) mass is 274 g/mol. The molecule has 0 spiro atoms. The zero-order valence-corrected chi connectivity index (χ0v) is 10.9. The standard InChI is InChI=1S/C15H15FN2O2/c1-9(10-5-2-3-7-12(10)16)18-13-8-4-6-11(14(13)17)15(19)20/h2-9,18H,17H2,1H3,(H,19,20). The van der Waals surface area contributed by atoms with E-state index in [1.54, 1.807) is 37.3 Å². The fraction of sp³-hybridized carbons (Fsp3) is 0.133. The predicted octanol–water partition coefficient (Wildman–Crippen LogP) is 3.28. The van der Waals surface area contributed by atoms with Crippen LogP contribution >= 0.6 is 0 Å². The number of nitrogens with one attached hydrogen (secondary N) is 1. The number of nitrogen functional groups attached to an aromatic ring is 1. The summed E-state index contributed by atoms with van der Waals surface area (Å²) in [6, 6.07) is 10.8. The quantitative estimate of drug-likeness (QED) is 0.748. The Morgan fingerprint density at radius 3 is 2.60 bits per heavy atom. The highest BCUT2D eigenvalue weighted by molar-refractivity contribution is 5.97. The van der Waals surface area contributed by atoms with Crippen LogP contribution < -0.4 is 11.1 Å². The first-order chi connectivity index (χ1) is 9.50. The van der Waals surface area contributed by atoms with Crippen LogP contribution in [0.3, 0.4) is 0 Å². The third kappa shape index (κ3) is 2.71. The molecular formula is C15H15FN2O2. The number of aromatic carboxylic acids is 1. The second-order valence-corrected chi connectivity index (χ2v) is 4.46. The molecule has 0 aliphatic rings. The zero-order valence-electron chi connectivity index (χ0n) is 10.9. The maximum atomic E-state index is 13.7. The van der Waals surface area contributed by atoms with E-state index in [0.717, 1.165) is 0 Å². The molecule has 0 aliphatic carbocycles. The second-order valence-electron chi connectivity index (χ2n) is 4.46. The Labute approximate surface area is 116 Å². The van der Waals surface area contributed by atoms with E-state index in [2.05, 4.69) is 5.32 Å². The molecule has 104 valence electrons. The maximum absolute atomic E-state index is 13.7. The van der Waals surface area contributed by atoms with E-state index in [-0.39, 0.29) is 23.1 Å². The van der Waals surface area contributed by atoms with Crippen molar-refractivity contribution in [2.45, 2.75) is 13.0 Å². The van der Waals surface area contributed by atoms with Crippen LogP contribution in [0.4, 0.5) is 15.8 Å². The summed E-state index contributed by atoms with van der Waals surface area (Å²) >= 11 is 0. The molecule has 0 amide bonds. The molecule has 2 aromatic carbocycles. The molecule has 4 N–H and O–H groups in total. The van der Waals surface area contributed by atoms with Gasteiger partial charge in [-0.25, -0.2) is 9.18 Å².